The molecule has 1 aromatic rings. The van der Waals surface area contributed by atoms with Gasteiger partial charge in [0.05, 0.1) is 12.9 Å². The van der Waals surface area contributed by atoms with Crippen molar-refractivity contribution in [2.45, 2.75) is 38.8 Å². The Morgan fingerprint density at radius 3 is 2.96 bits per heavy atom. The van der Waals surface area contributed by atoms with E-state index in [0.717, 1.165) is 38.2 Å². The van der Waals surface area contributed by atoms with E-state index < -0.39 is 10.0 Å². The van der Waals surface area contributed by atoms with Crippen molar-refractivity contribution in [1.82, 2.24) is 9.62 Å². The lowest BCUT2D eigenvalue weighted by Crippen LogP contribution is -2.50. The Kier molecular flexibility index (Phi) is 4.94. The monoisotopic (exact) mass is 338 g/mol. The number of nitrogens with zero attached hydrogens (tertiary/aromatic N) is 1. The van der Waals surface area contributed by atoms with Crippen molar-refractivity contribution in [1.29, 1.82) is 0 Å². The number of sulfonamides is 1. The summed E-state index contributed by atoms with van der Waals surface area (Å²) in [5, 5.41) is 3.64. The van der Waals surface area contributed by atoms with Crippen LogP contribution in [0.5, 0.6) is 5.75 Å². The number of ether oxygens (including phenoxy) is 1. The van der Waals surface area contributed by atoms with Gasteiger partial charge in [0, 0.05) is 32.1 Å². The normalized spacial score (nSPS) is 25.1. The summed E-state index contributed by atoms with van der Waals surface area (Å²) in [5.74, 6) is 1.39. The summed E-state index contributed by atoms with van der Waals surface area (Å²) in [5.41, 5.74) is 2.57. The Morgan fingerprint density at radius 1 is 1.39 bits per heavy atom. The number of hydrogen-bond acceptors (Lipinski definition) is 4. The lowest BCUT2D eigenvalue weighted by atomic mass is 9.91. The van der Waals surface area contributed by atoms with Gasteiger partial charge in [0.15, 0.2) is 0 Å². The van der Waals surface area contributed by atoms with Gasteiger partial charge in [-0.2, -0.15) is 0 Å². The molecule has 3 rings (SSSR count). The van der Waals surface area contributed by atoms with Gasteiger partial charge in [0.25, 0.3) is 0 Å². The van der Waals surface area contributed by atoms with E-state index in [0.29, 0.717) is 25.0 Å². The van der Waals surface area contributed by atoms with Gasteiger partial charge < -0.3 is 10.1 Å². The first-order valence-electron chi connectivity index (χ1n) is 8.40. The second-order valence-corrected chi connectivity index (χ2v) is 8.59. The molecule has 0 saturated carbocycles. The van der Waals surface area contributed by atoms with Crippen molar-refractivity contribution >= 4 is 10.0 Å². The molecule has 0 bridgehead atoms. The maximum atomic E-state index is 11.7. The van der Waals surface area contributed by atoms with Gasteiger partial charge in [0.2, 0.25) is 10.0 Å². The van der Waals surface area contributed by atoms with Crippen LogP contribution < -0.4 is 10.1 Å². The fourth-order valence-electron chi connectivity index (χ4n) is 3.58. The molecule has 0 amide bonds. The number of hydrogen-bond donors (Lipinski definition) is 1. The SMILES string of the molecule is CC[C@H]1CN(S(C)(=O)=O)CC[C@H]1NCc1ccc2c(c1)CCO2. The van der Waals surface area contributed by atoms with E-state index in [-0.39, 0.29) is 0 Å². The molecule has 23 heavy (non-hydrogen) atoms. The molecule has 2 atom stereocenters. The third-order valence-corrected chi connectivity index (χ3v) is 6.28. The minimum atomic E-state index is -3.07. The van der Waals surface area contributed by atoms with Crippen LogP contribution in [-0.4, -0.2) is 44.7 Å². The van der Waals surface area contributed by atoms with Crippen molar-refractivity contribution in [3.05, 3.63) is 29.3 Å². The van der Waals surface area contributed by atoms with E-state index in [4.69, 9.17) is 4.74 Å². The summed E-state index contributed by atoms with van der Waals surface area (Å²) in [6.45, 7) is 5.00. The third kappa shape index (κ3) is 3.87. The summed E-state index contributed by atoms with van der Waals surface area (Å²) in [4.78, 5) is 0. The van der Waals surface area contributed by atoms with Crippen LogP contribution in [0.25, 0.3) is 0 Å². The maximum absolute atomic E-state index is 11.7. The van der Waals surface area contributed by atoms with Crippen LogP contribution in [-0.2, 0) is 23.0 Å². The molecule has 0 spiro atoms. The molecule has 1 N–H and O–H groups in total. The highest BCUT2D eigenvalue weighted by Gasteiger charge is 2.31. The summed E-state index contributed by atoms with van der Waals surface area (Å²) in [6.07, 6.45) is 4.16. The standard InChI is InChI=1S/C17H26N2O3S/c1-3-14-12-19(23(2,20)21)8-6-16(14)18-11-13-4-5-17-15(10-13)7-9-22-17/h4-5,10,14,16,18H,3,6-9,11-12H2,1-2H3/t14-,16+/m0/s1. The van der Waals surface area contributed by atoms with Crippen LogP contribution in [0.4, 0.5) is 0 Å². The number of nitrogens with one attached hydrogen (secondary N) is 1. The summed E-state index contributed by atoms with van der Waals surface area (Å²) in [7, 11) is -3.07. The fraction of sp³-hybridized carbons (Fsp3) is 0.647. The van der Waals surface area contributed by atoms with E-state index >= 15 is 0 Å². The van der Waals surface area contributed by atoms with E-state index in [1.165, 1.54) is 17.4 Å². The summed E-state index contributed by atoms with van der Waals surface area (Å²) in [6, 6.07) is 6.77. The largest absolute Gasteiger partial charge is 0.493 e. The number of benzene rings is 1. The van der Waals surface area contributed by atoms with Gasteiger partial charge in [-0.1, -0.05) is 25.5 Å². The molecule has 6 heteroatoms. The van der Waals surface area contributed by atoms with Crippen molar-refractivity contribution in [3.63, 3.8) is 0 Å². The first-order valence-corrected chi connectivity index (χ1v) is 10.3. The molecule has 0 radical (unpaired) electrons. The average molecular weight is 338 g/mol. The maximum Gasteiger partial charge on any atom is 0.211 e. The molecule has 5 nitrogen and oxygen atoms in total. The Morgan fingerprint density at radius 2 is 2.22 bits per heavy atom. The second-order valence-electron chi connectivity index (χ2n) is 6.61. The van der Waals surface area contributed by atoms with Crippen molar-refractivity contribution < 1.29 is 13.2 Å². The molecule has 0 aromatic heterocycles. The number of piperidine rings is 1. The van der Waals surface area contributed by atoms with E-state index in [2.05, 4.69) is 30.4 Å². The lowest BCUT2D eigenvalue weighted by Gasteiger charge is -2.37. The highest BCUT2D eigenvalue weighted by molar-refractivity contribution is 7.88. The molecule has 2 aliphatic rings. The molecule has 1 saturated heterocycles. The average Bonchev–Trinajstić information content (AvgIpc) is 2.99. The van der Waals surface area contributed by atoms with Crippen molar-refractivity contribution in [3.8, 4) is 5.75 Å². The van der Waals surface area contributed by atoms with Crippen LogP contribution in [0.2, 0.25) is 0 Å². The molecular formula is C17H26N2O3S. The van der Waals surface area contributed by atoms with Gasteiger partial charge in [-0.25, -0.2) is 12.7 Å². The lowest BCUT2D eigenvalue weighted by molar-refractivity contribution is 0.202. The third-order valence-electron chi connectivity index (χ3n) is 5.01. The van der Waals surface area contributed by atoms with Gasteiger partial charge >= 0.3 is 0 Å². The Labute approximate surface area is 139 Å². The molecule has 2 aliphatic heterocycles. The van der Waals surface area contributed by atoms with Gasteiger partial charge in [-0.3, -0.25) is 0 Å². The molecule has 2 heterocycles. The van der Waals surface area contributed by atoms with Crippen LogP contribution in [0.1, 0.15) is 30.9 Å². The van der Waals surface area contributed by atoms with E-state index in [1.54, 1.807) is 4.31 Å². The molecule has 0 unspecified atom stereocenters. The molecule has 1 aromatic carbocycles. The van der Waals surface area contributed by atoms with Crippen molar-refractivity contribution in [2.75, 3.05) is 26.0 Å². The zero-order valence-corrected chi connectivity index (χ0v) is 14.7. The predicted molar refractivity (Wildman–Crippen MR) is 91.1 cm³/mol. The molecule has 1 fully saturated rings. The smallest absolute Gasteiger partial charge is 0.211 e. The zero-order chi connectivity index (χ0) is 16.4. The summed E-state index contributed by atoms with van der Waals surface area (Å²) >= 11 is 0. The van der Waals surface area contributed by atoms with Crippen LogP contribution in [0.3, 0.4) is 0 Å². The predicted octanol–water partition coefficient (Wildman–Crippen LogP) is 1.77. The fourth-order valence-corrected chi connectivity index (χ4v) is 4.48. The molecular weight excluding hydrogens is 312 g/mol. The minimum Gasteiger partial charge on any atom is -0.493 e. The van der Waals surface area contributed by atoms with Crippen molar-refractivity contribution in [2.24, 2.45) is 5.92 Å². The van der Waals surface area contributed by atoms with E-state index in [1.807, 2.05) is 0 Å². The summed E-state index contributed by atoms with van der Waals surface area (Å²) < 4.78 is 30.6. The molecule has 0 aliphatic carbocycles. The molecule has 128 valence electrons. The first-order chi connectivity index (χ1) is 11.0. The number of rotatable bonds is 5. The topological polar surface area (TPSA) is 58.6 Å². The van der Waals surface area contributed by atoms with Gasteiger partial charge in [-0.15, -0.1) is 0 Å². The second kappa shape index (κ2) is 6.79. The number of fused-ring (bicyclic) bond motifs is 1. The quantitative estimate of drug-likeness (QED) is 0.889. The first kappa shape index (κ1) is 16.7. The minimum absolute atomic E-state index is 0.372. The highest BCUT2D eigenvalue weighted by atomic mass is 32.2. The van der Waals surface area contributed by atoms with Gasteiger partial charge in [-0.05, 0) is 29.5 Å². The van der Waals surface area contributed by atoms with E-state index in [9.17, 15) is 8.42 Å². The van der Waals surface area contributed by atoms with Gasteiger partial charge in [0.1, 0.15) is 5.75 Å². The van der Waals surface area contributed by atoms with Crippen LogP contribution in [0, 0.1) is 5.92 Å². The Hall–Kier alpha value is -1.11. The highest BCUT2D eigenvalue weighted by Crippen LogP contribution is 2.26. The van der Waals surface area contributed by atoms with Crippen LogP contribution in [0.15, 0.2) is 18.2 Å². The Balaban J connectivity index is 1.59. The zero-order valence-electron chi connectivity index (χ0n) is 13.9. The Bertz CT molecular complexity index is 660. The van der Waals surface area contributed by atoms with Crippen LogP contribution >= 0.6 is 0 Å².